The molecule has 0 aromatic heterocycles. The maximum absolute atomic E-state index is 12.0. The van der Waals surface area contributed by atoms with E-state index < -0.39 is 0 Å². The van der Waals surface area contributed by atoms with E-state index in [-0.39, 0.29) is 11.9 Å². The van der Waals surface area contributed by atoms with Gasteiger partial charge in [-0.15, -0.1) is 0 Å². The average molecular weight is 244 g/mol. The summed E-state index contributed by atoms with van der Waals surface area (Å²) in [5.74, 6) is 0.201. The lowest BCUT2D eigenvalue weighted by atomic mass is 10.1. The van der Waals surface area contributed by atoms with Gasteiger partial charge in [0.25, 0.3) is 0 Å². The van der Waals surface area contributed by atoms with Crippen LogP contribution in [-0.4, -0.2) is 18.0 Å². The lowest BCUT2D eigenvalue weighted by molar-refractivity contribution is -0.121. The van der Waals surface area contributed by atoms with Crippen molar-refractivity contribution >= 4 is 11.6 Å². The summed E-state index contributed by atoms with van der Waals surface area (Å²) >= 11 is 0. The van der Waals surface area contributed by atoms with Crippen LogP contribution in [0.15, 0.2) is 24.3 Å². The normalized spacial score (nSPS) is 22.6. The molecule has 1 heterocycles. The van der Waals surface area contributed by atoms with Gasteiger partial charge in [0.1, 0.15) is 0 Å². The number of anilines is 1. The SMILES string of the molecule is O=C(CC1Cc2ccccc2N1)NC1CCCC1. The highest BCUT2D eigenvalue weighted by molar-refractivity contribution is 5.78. The minimum atomic E-state index is 0.201. The predicted molar refractivity (Wildman–Crippen MR) is 72.6 cm³/mol. The standard InChI is InChI=1S/C15H20N2O/c18-15(17-12-6-2-3-7-12)10-13-9-11-5-1-4-8-14(11)16-13/h1,4-5,8,12-13,16H,2-3,6-7,9-10H2,(H,17,18). The average Bonchev–Trinajstić information content (AvgIpc) is 2.96. The molecule has 1 aromatic carbocycles. The lowest BCUT2D eigenvalue weighted by Gasteiger charge is -2.15. The van der Waals surface area contributed by atoms with Crippen LogP contribution in [0.3, 0.4) is 0 Å². The van der Waals surface area contributed by atoms with Crippen molar-refractivity contribution in [2.24, 2.45) is 0 Å². The van der Waals surface area contributed by atoms with Gasteiger partial charge in [0.15, 0.2) is 0 Å². The molecule has 0 bridgehead atoms. The van der Waals surface area contributed by atoms with Gasteiger partial charge in [-0.25, -0.2) is 0 Å². The summed E-state index contributed by atoms with van der Waals surface area (Å²) in [5, 5.41) is 6.58. The number of benzene rings is 1. The van der Waals surface area contributed by atoms with Gasteiger partial charge in [0.2, 0.25) is 5.91 Å². The van der Waals surface area contributed by atoms with Crippen LogP contribution in [0.1, 0.15) is 37.7 Å². The maximum Gasteiger partial charge on any atom is 0.222 e. The molecule has 2 aliphatic rings. The van der Waals surface area contributed by atoms with Gasteiger partial charge in [-0.3, -0.25) is 4.79 Å². The number of hydrogen-bond acceptors (Lipinski definition) is 2. The zero-order chi connectivity index (χ0) is 12.4. The van der Waals surface area contributed by atoms with Gasteiger partial charge in [0.05, 0.1) is 0 Å². The molecule has 2 N–H and O–H groups in total. The number of rotatable bonds is 3. The van der Waals surface area contributed by atoms with E-state index in [0.29, 0.717) is 12.5 Å². The van der Waals surface area contributed by atoms with Crippen LogP contribution in [0.25, 0.3) is 0 Å². The van der Waals surface area contributed by atoms with Crippen molar-refractivity contribution in [2.45, 2.75) is 50.6 Å². The Morgan fingerprint density at radius 1 is 1.28 bits per heavy atom. The minimum Gasteiger partial charge on any atom is -0.381 e. The molecule has 1 aromatic rings. The van der Waals surface area contributed by atoms with E-state index in [1.54, 1.807) is 0 Å². The molecule has 1 atom stereocenters. The Balaban J connectivity index is 1.51. The van der Waals surface area contributed by atoms with E-state index in [4.69, 9.17) is 0 Å². The third-order valence-corrected chi connectivity index (χ3v) is 4.00. The zero-order valence-corrected chi connectivity index (χ0v) is 10.6. The Bertz CT molecular complexity index is 413. The molecule has 18 heavy (non-hydrogen) atoms. The number of fused-ring (bicyclic) bond motifs is 1. The van der Waals surface area contributed by atoms with Crippen molar-refractivity contribution < 1.29 is 4.79 Å². The van der Waals surface area contributed by atoms with E-state index >= 15 is 0 Å². The van der Waals surface area contributed by atoms with Gasteiger partial charge in [-0.05, 0) is 30.9 Å². The van der Waals surface area contributed by atoms with Crippen molar-refractivity contribution in [3.8, 4) is 0 Å². The topological polar surface area (TPSA) is 41.1 Å². The Kier molecular flexibility index (Phi) is 3.22. The van der Waals surface area contributed by atoms with Gasteiger partial charge in [-0.1, -0.05) is 31.0 Å². The third-order valence-electron chi connectivity index (χ3n) is 4.00. The van der Waals surface area contributed by atoms with E-state index in [2.05, 4.69) is 28.8 Å². The molecule has 1 fully saturated rings. The van der Waals surface area contributed by atoms with Crippen LogP contribution < -0.4 is 10.6 Å². The van der Waals surface area contributed by atoms with Gasteiger partial charge < -0.3 is 10.6 Å². The molecular formula is C15H20N2O. The summed E-state index contributed by atoms with van der Waals surface area (Å²) in [7, 11) is 0. The molecule has 1 aliphatic carbocycles. The van der Waals surface area contributed by atoms with Crippen LogP contribution in [0, 0.1) is 0 Å². The van der Waals surface area contributed by atoms with Gasteiger partial charge in [0, 0.05) is 24.2 Å². The monoisotopic (exact) mass is 244 g/mol. The third kappa shape index (κ3) is 2.50. The Morgan fingerprint density at radius 3 is 2.83 bits per heavy atom. The summed E-state index contributed by atoms with van der Waals surface area (Å²) in [6, 6.07) is 9.01. The lowest BCUT2D eigenvalue weighted by Crippen LogP contribution is -2.36. The molecule has 1 saturated carbocycles. The Hall–Kier alpha value is -1.51. The molecule has 1 aliphatic heterocycles. The first-order chi connectivity index (χ1) is 8.81. The number of hydrogen-bond donors (Lipinski definition) is 2. The van der Waals surface area contributed by atoms with Gasteiger partial charge in [-0.2, -0.15) is 0 Å². The summed E-state index contributed by atoms with van der Waals surface area (Å²) in [6.07, 6.45) is 6.39. The Morgan fingerprint density at radius 2 is 2.06 bits per heavy atom. The van der Waals surface area contributed by atoms with Gasteiger partial charge >= 0.3 is 0 Å². The van der Waals surface area contributed by atoms with Crippen molar-refractivity contribution in [2.75, 3.05) is 5.32 Å². The smallest absolute Gasteiger partial charge is 0.222 e. The fourth-order valence-electron chi connectivity index (χ4n) is 3.08. The number of nitrogens with one attached hydrogen (secondary N) is 2. The molecule has 3 rings (SSSR count). The second kappa shape index (κ2) is 5.01. The van der Waals surface area contributed by atoms with Crippen LogP contribution in [0.4, 0.5) is 5.69 Å². The quantitative estimate of drug-likeness (QED) is 0.857. The molecular weight excluding hydrogens is 224 g/mol. The highest BCUT2D eigenvalue weighted by atomic mass is 16.1. The number of amides is 1. The van der Waals surface area contributed by atoms with Crippen LogP contribution in [0.5, 0.6) is 0 Å². The number of carbonyl (C=O) groups excluding carboxylic acids is 1. The highest BCUT2D eigenvalue weighted by Gasteiger charge is 2.24. The fraction of sp³-hybridized carbons (Fsp3) is 0.533. The van der Waals surface area contributed by atoms with Crippen LogP contribution in [0.2, 0.25) is 0 Å². The molecule has 1 amide bonds. The number of para-hydroxylation sites is 1. The van der Waals surface area contributed by atoms with Crippen molar-refractivity contribution in [1.29, 1.82) is 0 Å². The summed E-state index contributed by atoms with van der Waals surface area (Å²) in [4.78, 5) is 12.0. The second-order valence-corrected chi connectivity index (χ2v) is 5.46. The van der Waals surface area contributed by atoms with E-state index in [0.717, 1.165) is 19.3 Å². The predicted octanol–water partition coefficient (Wildman–Crippen LogP) is 2.47. The Labute approximate surface area is 108 Å². The highest BCUT2D eigenvalue weighted by Crippen LogP contribution is 2.26. The van der Waals surface area contributed by atoms with Crippen molar-refractivity contribution in [3.63, 3.8) is 0 Å². The summed E-state index contributed by atoms with van der Waals surface area (Å²) < 4.78 is 0. The first kappa shape index (κ1) is 11.6. The van der Waals surface area contributed by atoms with E-state index in [1.165, 1.54) is 24.1 Å². The van der Waals surface area contributed by atoms with Crippen molar-refractivity contribution in [1.82, 2.24) is 5.32 Å². The molecule has 3 nitrogen and oxygen atoms in total. The molecule has 0 radical (unpaired) electrons. The summed E-state index contributed by atoms with van der Waals surface area (Å²) in [5.41, 5.74) is 2.52. The largest absolute Gasteiger partial charge is 0.381 e. The molecule has 0 spiro atoms. The first-order valence-corrected chi connectivity index (χ1v) is 6.95. The molecule has 3 heteroatoms. The molecule has 96 valence electrons. The maximum atomic E-state index is 12.0. The van der Waals surface area contributed by atoms with Crippen LogP contribution in [-0.2, 0) is 11.2 Å². The second-order valence-electron chi connectivity index (χ2n) is 5.46. The van der Waals surface area contributed by atoms with Crippen LogP contribution >= 0.6 is 0 Å². The fourth-order valence-corrected chi connectivity index (χ4v) is 3.08. The summed E-state index contributed by atoms with van der Waals surface area (Å²) in [6.45, 7) is 0. The van der Waals surface area contributed by atoms with E-state index in [9.17, 15) is 4.79 Å². The minimum absolute atomic E-state index is 0.201. The zero-order valence-electron chi connectivity index (χ0n) is 10.6. The van der Waals surface area contributed by atoms with E-state index in [1.807, 2.05) is 6.07 Å². The molecule has 0 saturated heterocycles. The molecule has 1 unspecified atom stereocenters. The first-order valence-electron chi connectivity index (χ1n) is 6.95. The number of carbonyl (C=O) groups is 1. The van der Waals surface area contributed by atoms with Crippen molar-refractivity contribution in [3.05, 3.63) is 29.8 Å².